The average molecular weight is 376 g/mol. The van der Waals surface area contributed by atoms with Gasteiger partial charge in [-0.25, -0.2) is 4.79 Å². The highest BCUT2D eigenvalue weighted by atomic mass is 32.2. The number of carbonyl (C=O) groups is 4. The van der Waals surface area contributed by atoms with Crippen LogP contribution in [0.5, 0.6) is 0 Å². The summed E-state index contributed by atoms with van der Waals surface area (Å²) < 4.78 is 4.72. The molecule has 2 atom stereocenters. The maximum atomic E-state index is 12.4. The number of methoxy groups -OCH3 is 1. The van der Waals surface area contributed by atoms with Crippen molar-refractivity contribution in [1.29, 1.82) is 0 Å². The molecule has 2 unspecified atom stereocenters. The van der Waals surface area contributed by atoms with Crippen molar-refractivity contribution in [2.24, 2.45) is 5.73 Å². The van der Waals surface area contributed by atoms with Crippen molar-refractivity contribution < 1.29 is 23.9 Å². The summed E-state index contributed by atoms with van der Waals surface area (Å²) in [5.74, 6) is -0.762. The fraction of sp³-hybridized carbons (Fsp3) is 0.733. The standard InChI is InChI=1S/C15H28N4O5S/c1-24-15(23)12(5-3-4-7-17-10-20)19-14(22)11(6-8-25-2)18-13(21)9-16/h10-12H,3-9,16H2,1-2H3,(H,17,20)(H,18,21)(H,19,22). The van der Waals surface area contributed by atoms with Crippen LogP contribution in [-0.2, 0) is 23.9 Å². The second kappa shape index (κ2) is 14.5. The van der Waals surface area contributed by atoms with E-state index in [9.17, 15) is 19.2 Å². The largest absolute Gasteiger partial charge is 0.467 e. The summed E-state index contributed by atoms with van der Waals surface area (Å²) in [6.45, 7) is 0.279. The number of carbonyl (C=O) groups excluding carboxylic acids is 4. The zero-order valence-electron chi connectivity index (χ0n) is 14.7. The lowest BCUT2D eigenvalue weighted by Crippen LogP contribution is -2.53. The van der Waals surface area contributed by atoms with Crippen LogP contribution in [0, 0.1) is 0 Å². The lowest BCUT2D eigenvalue weighted by molar-refractivity contribution is -0.145. The average Bonchev–Trinajstić information content (AvgIpc) is 2.62. The molecule has 0 aromatic heterocycles. The predicted octanol–water partition coefficient (Wildman–Crippen LogP) is -1.24. The van der Waals surface area contributed by atoms with E-state index in [0.29, 0.717) is 44.4 Å². The lowest BCUT2D eigenvalue weighted by atomic mass is 10.1. The molecule has 0 fully saturated rings. The van der Waals surface area contributed by atoms with E-state index in [1.165, 1.54) is 7.11 Å². The van der Waals surface area contributed by atoms with E-state index >= 15 is 0 Å². The van der Waals surface area contributed by atoms with E-state index < -0.39 is 29.9 Å². The van der Waals surface area contributed by atoms with Gasteiger partial charge in [0.15, 0.2) is 0 Å². The summed E-state index contributed by atoms with van der Waals surface area (Å²) in [5.41, 5.74) is 5.27. The summed E-state index contributed by atoms with van der Waals surface area (Å²) in [7, 11) is 1.25. The van der Waals surface area contributed by atoms with Gasteiger partial charge in [0.25, 0.3) is 0 Å². The molecule has 0 rings (SSSR count). The molecular weight excluding hydrogens is 348 g/mol. The van der Waals surface area contributed by atoms with Crippen molar-refractivity contribution in [3.63, 3.8) is 0 Å². The Bertz CT molecular complexity index is 436. The molecule has 144 valence electrons. The van der Waals surface area contributed by atoms with Gasteiger partial charge in [-0.2, -0.15) is 11.8 Å². The normalized spacial score (nSPS) is 12.6. The van der Waals surface area contributed by atoms with Gasteiger partial charge in [0, 0.05) is 6.54 Å². The number of hydrogen-bond acceptors (Lipinski definition) is 7. The summed E-state index contributed by atoms with van der Waals surface area (Å²) in [6.07, 6.45) is 4.59. The van der Waals surface area contributed by atoms with Gasteiger partial charge in [-0.3, -0.25) is 14.4 Å². The van der Waals surface area contributed by atoms with Gasteiger partial charge in [-0.05, 0) is 37.7 Å². The molecule has 0 spiro atoms. The second-order valence-corrected chi connectivity index (χ2v) is 6.24. The molecule has 0 aliphatic heterocycles. The zero-order chi connectivity index (χ0) is 19.1. The number of rotatable bonds is 14. The topological polar surface area (TPSA) is 140 Å². The van der Waals surface area contributed by atoms with Crippen molar-refractivity contribution in [3.05, 3.63) is 0 Å². The molecular formula is C15H28N4O5S. The van der Waals surface area contributed by atoms with E-state index in [2.05, 4.69) is 16.0 Å². The molecule has 0 saturated carbocycles. The van der Waals surface area contributed by atoms with Crippen LogP contribution in [0.1, 0.15) is 25.7 Å². The van der Waals surface area contributed by atoms with Gasteiger partial charge < -0.3 is 26.4 Å². The Balaban J connectivity index is 4.72. The Morgan fingerprint density at radius 1 is 1.16 bits per heavy atom. The molecule has 0 heterocycles. The maximum absolute atomic E-state index is 12.4. The van der Waals surface area contributed by atoms with Gasteiger partial charge in [0.1, 0.15) is 12.1 Å². The molecule has 5 N–H and O–H groups in total. The number of unbranched alkanes of at least 4 members (excludes halogenated alkanes) is 1. The minimum absolute atomic E-state index is 0.215. The van der Waals surface area contributed by atoms with Crippen LogP contribution in [0.3, 0.4) is 0 Å². The molecule has 10 heteroatoms. The first-order valence-electron chi connectivity index (χ1n) is 8.03. The third-order valence-corrected chi connectivity index (χ3v) is 4.04. The molecule has 0 radical (unpaired) electrons. The quantitative estimate of drug-likeness (QED) is 0.169. The summed E-state index contributed by atoms with van der Waals surface area (Å²) in [4.78, 5) is 46.0. The van der Waals surface area contributed by atoms with Crippen molar-refractivity contribution in [3.8, 4) is 0 Å². The molecule has 0 saturated heterocycles. The Hall–Kier alpha value is -1.81. The number of amides is 3. The van der Waals surface area contributed by atoms with E-state index in [0.717, 1.165) is 0 Å². The number of nitrogens with two attached hydrogens (primary N) is 1. The molecule has 0 aliphatic rings. The molecule has 0 aliphatic carbocycles. The number of nitrogens with one attached hydrogen (secondary N) is 3. The molecule has 0 aromatic rings. The van der Waals surface area contributed by atoms with Gasteiger partial charge in [0.2, 0.25) is 18.2 Å². The Kier molecular flexibility index (Phi) is 13.5. The van der Waals surface area contributed by atoms with Crippen LogP contribution >= 0.6 is 11.8 Å². The smallest absolute Gasteiger partial charge is 0.328 e. The minimum Gasteiger partial charge on any atom is -0.467 e. The highest BCUT2D eigenvalue weighted by Gasteiger charge is 2.26. The van der Waals surface area contributed by atoms with Crippen molar-refractivity contribution in [2.75, 3.05) is 32.2 Å². The second-order valence-electron chi connectivity index (χ2n) is 5.26. The van der Waals surface area contributed by atoms with Gasteiger partial charge in [-0.1, -0.05) is 0 Å². The van der Waals surface area contributed by atoms with Crippen LogP contribution in [-0.4, -0.2) is 68.5 Å². The number of hydrogen-bond donors (Lipinski definition) is 4. The zero-order valence-corrected chi connectivity index (χ0v) is 15.5. The monoisotopic (exact) mass is 376 g/mol. The third-order valence-electron chi connectivity index (χ3n) is 3.40. The van der Waals surface area contributed by atoms with Crippen LogP contribution in [0.2, 0.25) is 0 Å². The van der Waals surface area contributed by atoms with E-state index in [1.54, 1.807) is 11.8 Å². The fourth-order valence-electron chi connectivity index (χ4n) is 2.06. The van der Waals surface area contributed by atoms with Crippen LogP contribution in [0.15, 0.2) is 0 Å². The molecule has 0 bridgehead atoms. The Labute approximate surface area is 152 Å². The van der Waals surface area contributed by atoms with Crippen LogP contribution in [0.4, 0.5) is 0 Å². The molecule has 0 aromatic carbocycles. The number of esters is 1. The fourth-order valence-corrected chi connectivity index (χ4v) is 2.53. The number of ether oxygens (including phenoxy) is 1. The summed E-state index contributed by atoms with van der Waals surface area (Å²) >= 11 is 1.54. The highest BCUT2D eigenvalue weighted by Crippen LogP contribution is 2.06. The predicted molar refractivity (Wildman–Crippen MR) is 95.8 cm³/mol. The van der Waals surface area contributed by atoms with Crippen LogP contribution < -0.4 is 21.7 Å². The van der Waals surface area contributed by atoms with Gasteiger partial charge in [0.05, 0.1) is 13.7 Å². The molecule has 9 nitrogen and oxygen atoms in total. The van der Waals surface area contributed by atoms with Crippen molar-refractivity contribution in [2.45, 2.75) is 37.8 Å². The third kappa shape index (κ3) is 10.6. The van der Waals surface area contributed by atoms with Gasteiger partial charge >= 0.3 is 5.97 Å². The van der Waals surface area contributed by atoms with Gasteiger partial charge in [-0.15, -0.1) is 0 Å². The van der Waals surface area contributed by atoms with E-state index in [1.807, 2.05) is 6.26 Å². The van der Waals surface area contributed by atoms with Crippen LogP contribution in [0.25, 0.3) is 0 Å². The maximum Gasteiger partial charge on any atom is 0.328 e. The highest BCUT2D eigenvalue weighted by molar-refractivity contribution is 7.98. The minimum atomic E-state index is -0.805. The Morgan fingerprint density at radius 2 is 1.88 bits per heavy atom. The van der Waals surface area contributed by atoms with Crippen molar-refractivity contribution >= 4 is 36.0 Å². The summed E-state index contributed by atoms with van der Waals surface area (Å²) in [5, 5.41) is 7.72. The molecule has 3 amide bonds. The SMILES string of the molecule is COC(=O)C(CCCCNC=O)NC(=O)C(CCSC)NC(=O)CN. The van der Waals surface area contributed by atoms with Crippen molar-refractivity contribution in [1.82, 2.24) is 16.0 Å². The lowest BCUT2D eigenvalue weighted by Gasteiger charge is -2.22. The first kappa shape index (κ1) is 23.2. The number of thioether (sulfide) groups is 1. The van der Waals surface area contributed by atoms with E-state index in [4.69, 9.17) is 10.5 Å². The first-order valence-corrected chi connectivity index (χ1v) is 9.43. The Morgan fingerprint density at radius 3 is 2.44 bits per heavy atom. The first-order chi connectivity index (χ1) is 12.0. The summed E-state index contributed by atoms with van der Waals surface area (Å²) in [6, 6.07) is -1.56. The molecule has 25 heavy (non-hydrogen) atoms. The van der Waals surface area contributed by atoms with E-state index in [-0.39, 0.29) is 6.54 Å².